The number of nitrogens with zero attached hydrogens (tertiary/aromatic N) is 2. The first-order valence-corrected chi connectivity index (χ1v) is 11.0. The summed E-state index contributed by atoms with van der Waals surface area (Å²) in [6.45, 7) is 6.98. The van der Waals surface area contributed by atoms with Crippen LogP contribution in [0.4, 0.5) is 9.59 Å². The molecule has 2 aromatic carbocycles. The third-order valence-corrected chi connectivity index (χ3v) is 5.10. The quantitative estimate of drug-likeness (QED) is 0.745. The predicted octanol–water partition coefficient (Wildman–Crippen LogP) is 3.73. The average molecular weight is 454 g/mol. The molecule has 0 unspecified atom stereocenters. The van der Waals surface area contributed by atoms with Crippen LogP contribution in [0.3, 0.4) is 0 Å². The summed E-state index contributed by atoms with van der Waals surface area (Å²) in [6.07, 6.45) is -1.06. The minimum Gasteiger partial charge on any atom is -0.445 e. The molecular formula is C25H31N3O5. The monoisotopic (exact) mass is 453 g/mol. The molecule has 1 heterocycles. The second kappa shape index (κ2) is 10.8. The van der Waals surface area contributed by atoms with Gasteiger partial charge in [0, 0.05) is 26.2 Å². The van der Waals surface area contributed by atoms with Gasteiger partial charge in [0.05, 0.1) is 0 Å². The van der Waals surface area contributed by atoms with Crippen molar-refractivity contribution >= 4 is 18.1 Å². The number of amides is 3. The van der Waals surface area contributed by atoms with Crippen LogP contribution < -0.4 is 5.32 Å². The SMILES string of the molecule is CC(C)(C)OC(=O)N1CCN(C(=O)[C@@H](NC(=O)OCc2ccccc2)c2ccccc2)CC1. The number of benzene rings is 2. The lowest BCUT2D eigenvalue weighted by Gasteiger charge is -2.37. The summed E-state index contributed by atoms with van der Waals surface area (Å²) in [5.41, 5.74) is 0.939. The van der Waals surface area contributed by atoms with E-state index >= 15 is 0 Å². The van der Waals surface area contributed by atoms with Crippen molar-refractivity contribution in [2.24, 2.45) is 0 Å². The van der Waals surface area contributed by atoms with Gasteiger partial charge in [-0.1, -0.05) is 60.7 Å². The third-order valence-electron chi connectivity index (χ3n) is 5.10. The number of carbonyl (C=O) groups is 3. The van der Waals surface area contributed by atoms with Crippen molar-refractivity contribution < 1.29 is 23.9 Å². The highest BCUT2D eigenvalue weighted by atomic mass is 16.6. The Hall–Kier alpha value is -3.55. The Morgan fingerprint density at radius 1 is 0.879 bits per heavy atom. The molecule has 176 valence electrons. The first-order chi connectivity index (χ1) is 15.7. The van der Waals surface area contributed by atoms with Crippen LogP contribution >= 0.6 is 0 Å². The molecule has 0 bridgehead atoms. The fourth-order valence-electron chi connectivity index (χ4n) is 3.43. The van der Waals surface area contributed by atoms with Gasteiger partial charge in [-0.05, 0) is 31.9 Å². The van der Waals surface area contributed by atoms with E-state index in [0.29, 0.717) is 31.7 Å². The summed E-state index contributed by atoms with van der Waals surface area (Å²) < 4.78 is 10.7. The molecule has 0 aliphatic carbocycles. The largest absolute Gasteiger partial charge is 0.445 e. The summed E-state index contributed by atoms with van der Waals surface area (Å²) in [5.74, 6) is -0.248. The molecule has 1 aliphatic heterocycles. The van der Waals surface area contributed by atoms with E-state index in [-0.39, 0.29) is 12.5 Å². The van der Waals surface area contributed by atoms with Crippen LogP contribution in [-0.2, 0) is 20.9 Å². The van der Waals surface area contributed by atoms with E-state index in [2.05, 4.69) is 5.32 Å². The van der Waals surface area contributed by atoms with E-state index in [1.807, 2.05) is 69.3 Å². The van der Waals surface area contributed by atoms with Gasteiger partial charge in [0.15, 0.2) is 0 Å². The first kappa shape index (κ1) is 24.1. The minimum atomic E-state index is -0.887. The molecule has 0 radical (unpaired) electrons. The fraction of sp³-hybridized carbons (Fsp3) is 0.400. The zero-order chi connectivity index (χ0) is 23.8. The van der Waals surface area contributed by atoms with Gasteiger partial charge < -0.3 is 24.6 Å². The maximum Gasteiger partial charge on any atom is 0.410 e. The molecule has 8 nitrogen and oxygen atoms in total. The smallest absolute Gasteiger partial charge is 0.410 e. The van der Waals surface area contributed by atoms with Crippen LogP contribution in [0.25, 0.3) is 0 Å². The van der Waals surface area contributed by atoms with E-state index in [1.54, 1.807) is 21.9 Å². The molecule has 0 saturated carbocycles. The van der Waals surface area contributed by atoms with E-state index in [9.17, 15) is 14.4 Å². The number of hydrogen-bond acceptors (Lipinski definition) is 5. The topological polar surface area (TPSA) is 88.2 Å². The lowest BCUT2D eigenvalue weighted by molar-refractivity contribution is -0.135. The predicted molar refractivity (Wildman–Crippen MR) is 123 cm³/mol. The Morgan fingerprint density at radius 2 is 1.42 bits per heavy atom. The molecular weight excluding hydrogens is 422 g/mol. The summed E-state index contributed by atoms with van der Waals surface area (Å²) in [6, 6.07) is 17.5. The molecule has 1 aliphatic rings. The highest BCUT2D eigenvalue weighted by Gasteiger charge is 2.32. The molecule has 3 amide bonds. The van der Waals surface area contributed by atoms with Crippen molar-refractivity contribution in [2.45, 2.75) is 39.0 Å². The van der Waals surface area contributed by atoms with Crippen LogP contribution in [0.2, 0.25) is 0 Å². The normalized spacial score (nSPS) is 14.9. The van der Waals surface area contributed by atoms with Crippen molar-refractivity contribution in [1.29, 1.82) is 0 Å². The number of hydrogen-bond donors (Lipinski definition) is 1. The molecule has 1 atom stereocenters. The summed E-state index contributed by atoms with van der Waals surface area (Å²) >= 11 is 0. The van der Waals surface area contributed by atoms with Gasteiger partial charge in [0.25, 0.3) is 0 Å². The van der Waals surface area contributed by atoms with Gasteiger partial charge in [-0.25, -0.2) is 9.59 Å². The fourth-order valence-corrected chi connectivity index (χ4v) is 3.43. The number of carbonyl (C=O) groups excluding carboxylic acids is 3. The van der Waals surface area contributed by atoms with Crippen LogP contribution in [-0.4, -0.2) is 59.7 Å². The van der Waals surface area contributed by atoms with Crippen molar-refractivity contribution in [2.75, 3.05) is 26.2 Å². The van der Waals surface area contributed by atoms with Gasteiger partial charge >= 0.3 is 12.2 Å². The van der Waals surface area contributed by atoms with E-state index in [1.165, 1.54) is 0 Å². The molecule has 3 rings (SSSR count). The first-order valence-electron chi connectivity index (χ1n) is 11.0. The van der Waals surface area contributed by atoms with Gasteiger partial charge in [-0.15, -0.1) is 0 Å². The lowest BCUT2D eigenvalue weighted by Crippen LogP contribution is -2.54. The maximum absolute atomic E-state index is 13.3. The second-order valence-corrected chi connectivity index (χ2v) is 8.84. The summed E-state index contributed by atoms with van der Waals surface area (Å²) in [4.78, 5) is 41.4. The highest BCUT2D eigenvalue weighted by molar-refractivity contribution is 5.87. The lowest BCUT2D eigenvalue weighted by atomic mass is 10.1. The molecule has 1 fully saturated rings. The van der Waals surface area contributed by atoms with Gasteiger partial charge in [-0.2, -0.15) is 0 Å². The van der Waals surface area contributed by atoms with Gasteiger partial charge in [0.2, 0.25) is 5.91 Å². The number of nitrogens with one attached hydrogen (secondary N) is 1. The molecule has 1 saturated heterocycles. The molecule has 0 spiro atoms. The Balaban J connectivity index is 1.62. The molecule has 0 aromatic heterocycles. The Labute approximate surface area is 194 Å². The van der Waals surface area contributed by atoms with Crippen molar-refractivity contribution in [1.82, 2.24) is 15.1 Å². The molecule has 8 heteroatoms. The number of piperazine rings is 1. The number of rotatable bonds is 5. The summed E-state index contributed by atoms with van der Waals surface area (Å²) in [7, 11) is 0. The third kappa shape index (κ3) is 7.24. The molecule has 2 aromatic rings. The van der Waals surface area contributed by atoms with E-state index in [4.69, 9.17) is 9.47 Å². The molecule has 33 heavy (non-hydrogen) atoms. The Kier molecular flexibility index (Phi) is 7.92. The van der Waals surface area contributed by atoms with Crippen molar-refractivity contribution in [3.05, 3.63) is 71.8 Å². The minimum absolute atomic E-state index is 0.108. The van der Waals surface area contributed by atoms with Crippen LogP contribution in [0, 0.1) is 0 Å². The van der Waals surface area contributed by atoms with E-state index < -0.39 is 23.8 Å². The van der Waals surface area contributed by atoms with Crippen LogP contribution in [0.5, 0.6) is 0 Å². The number of alkyl carbamates (subject to hydrolysis) is 1. The highest BCUT2D eigenvalue weighted by Crippen LogP contribution is 2.19. The van der Waals surface area contributed by atoms with Crippen molar-refractivity contribution in [3.63, 3.8) is 0 Å². The number of ether oxygens (including phenoxy) is 2. The Morgan fingerprint density at radius 3 is 2.00 bits per heavy atom. The average Bonchev–Trinajstić information content (AvgIpc) is 2.81. The van der Waals surface area contributed by atoms with Crippen molar-refractivity contribution in [3.8, 4) is 0 Å². The van der Waals surface area contributed by atoms with E-state index in [0.717, 1.165) is 5.56 Å². The molecule has 1 N–H and O–H groups in total. The zero-order valence-corrected chi connectivity index (χ0v) is 19.3. The van der Waals surface area contributed by atoms with Gasteiger partial charge in [0.1, 0.15) is 18.2 Å². The van der Waals surface area contributed by atoms with Gasteiger partial charge in [-0.3, -0.25) is 4.79 Å². The van der Waals surface area contributed by atoms with Crippen LogP contribution in [0.1, 0.15) is 37.9 Å². The zero-order valence-electron chi connectivity index (χ0n) is 19.3. The Bertz CT molecular complexity index is 936. The summed E-state index contributed by atoms with van der Waals surface area (Å²) in [5, 5.41) is 2.71. The second-order valence-electron chi connectivity index (χ2n) is 8.84. The van der Waals surface area contributed by atoms with Crippen LogP contribution in [0.15, 0.2) is 60.7 Å². The maximum atomic E-state index is 13.3. The standard InChI is InChI=1S/C25H31N3O5/c1-25(2,3)33-24(31)28-16-14-27(15-17-28)22(29)21(20-12-8-5-9-13-20)26-23(30)32-18-19-10-6-4-7-11-19/h4-13,21H,14-18H2,1-3H3,(H,26,30)/t21-/m0/s1.